The van der Waals surface area contributed by atoms with Crippen molar-refractivity contribution in [1.82, 2.24) is 0 Å². The molecule has 8 heteroatoms. The summed E-state index contributed by atoms with van der Waals surface area (Å²) in [6.07, 6.45) is 4.27. The van der Waals surface area contributed by atoms with Gasteiger partial charge in [-0.3, -0.25) is 4.79 Å². The van der Waals surface area contributed by atoms with Crippen LogP contribution in [0.2, 0.25) is 0 Å². The van der Waals surface area contributed by atoms with E-state index < -0.39 is 17.8 Å². The molecule has 0 radical (unpaired) electrons. The maximum Gasteiger partial charge on any atom is 0.348 e. The van der Waals surface area contributed by atoms with Gasteiger partial charge in [0, 0.05) is 6.08 Å². The van der Waals surface area contributed by atoms with E-state index in [2.05, 4.69) is 5.32 Å². The van der Waals surface area contributed by atoms with Crippen LogP contribution < -0.4 is 5.32 Å². The number of amides is 1. The minimum Gasteiger partial charge on any atom is -0.465 e. The first-order valence-corrected chi connectivity index (χ1v) is 9.65. The number of thiophene rings is 1. The highest BCUT2D eigenvalue weighted by Crippen LogP contribution is 2.34. The highest BCUT2D eigenvalue weighted by Gasteiger charge is 2.27. The predicted molar refractivity (Wildman–Crippen MR) is 107 cm³/mol. The normalized spacial score (nSPS) is 11.0. The summed E-state index contributed by atoms with van der Waals surface area (Å²) in [7, 11) is 0. The summed E-state index contributed by atoms with van der Waals surface area (Å²) < 4.78 is 15.5. The number of carbonyl (C=O) groups excluding carboxylic acids is 3. The molecule has 28 heavy (non-hydrogen) atoms. The molecule has 0 saturated heterocycles. The molecule has 0 unspecified atom stereocenters. The third kappa shape index (κ3) is 5.56. The Morgan fingerprint density at radius 1 is 1.25 bits per heavy atom. The van der Waals surface area contributed by atoms with Gasteiger partial charge in [-0.25, -0.2) is 9.59 Å². The molecule has 2 aromatic heterocycles. The van der Waals surface area contributed by atoms with E-state index in [0.717, 1.165) is 11.3 Å². The topological polar surface area (TPSA) is 94.8 Å². The number of rotatable bonds is 8. The van der Waals surface area contributed by atoms with Crippen molar-refractivity contribution in [2.24, 2.45) is 5.92 Å². The Balaban J connectivity index is 2.27. The second kappa shape index (κ2) is 9.89. The molecule has 0 aliphatic heterocycles. The third-order valence-corrected chi connectivity index (χ3v) is 4.73. The second-order valence-corrected chi connectivity index (χ2v) is 7.33. The van der Waals surface area contributed by atoms with Gasteiger partial charge in [0.05, 0.1) is 25.0 Å². The lowest BCUT2D eigenvalue weighted by Crippen LogP contribution is -2.13. The summed E-state index contributed by atoms with van der Waals surface area (Å²) in [5.74, 6) is -0.913. The van der Waals surface area contributed by atoms with Gasteiger partial charge in [-0.05, 0) is 43.5 Å². The van der Waals surface area contributed by atoms with Crippen LogP contribution in [0.25, 0.3) is 6.08 Å². The van der Waals surface area contributed by atoms with E-state index in [1.165, 1.54) is 18.4 Å². The zero-order valence-corrected chi connectivity index (χ0v) is 17.1. The van der Waals surface area contributed by atoms with Crippen molar-refractivity contribution < 1.29 is 28.3 Å². The summed E-state index contributed by atoms with van der Waals surface area (Å²) in [6, 6.07) is 3.40. The molecule has 1 amide bonds. The lowest BCUT2D eigenvalue weighted by atomic mass is 10.1. The molecule has 0 aromatic carbocycles. The number of carbonyl (C=O) groups is 3. The number of nitrogens with one attached hydrogen (secondary N) is 1. The molecule has 2 aromatic rings. The number of furan rings is 1. The zero-order chi connectivity index (χ0) is 20.7. The van der Waals surface area contributed by atoms with Crippen LogP contribution in [-0.4, -0.2) is 31.1 Å². The molecule has 7 nitrogen and oxygen atoms in total. The van der Waals surface area contributed by atoms with Crippen LogP contribution >= 0.6 is 11.3 Å². The minimum absolute atomic E-state index is 0.156. The van der Waals surface area contributed by atoms with E-state index in [1.54, 1.807) is 26.0 Å². The van der Waals surface area contributed by atoms with Crippen molar-refractivity contribution in [2.45, 2.75) is 27.7 Å². The van der Waals surface area contributed by atoms with Crippen molar-refractivity contribution in [3.05, 3.63) is 46.2 Å². The van der Waals surface area contributed by atoms with Crippen LogP contribution in [0.15, 0.2) is 28.9 Å². The Labute approximate surface area is 167 Å². The molecule has 2 rings (SSSR count). The van der Waals surface area contributed by atoms with Gasteiger partial charge in [-0.15, -0.1) is 11.3 Å². The Bertz CT molecular complexity index is 864. The first kappa shape index (κ1) is 21.4. The number of hydrogen-bond acceptors (Lipinski definition) is 7. The highest BCUT2D eigenvalue weighted by molar-refractivity contribution is 7.18. The van der Waals surface area contributed by atoms with E-state index in [9.17, 15) is 14.4 Å². The van der Waals surface area contributed by atoms with Gasteiger partial charge < -0.3 is 19.2 Å². The monoisotopic (exact) mass is 405 g/mol. The average molecular weight is 405 g/mol. The van der Waals surface area contributed by atoms with E-state index >= 15 is 0 Å². The Morgan fingerprint density at radius 2 is 2.00 bits per heavy atom. The van der Waals surface area contributed by atoms with Gasteiger partial charge in [0.1, 0.15) is 15.6 Å². The molecule has 0 aliphatic rings. The largest absolute Gasteiger partial charge is 0.465 e. The first-order chi connectivity index (χ1) is 13.3. The summed E-state index contributed by atoms with van der Waals surface area (Å²) in [5.41, 5.74) is 0.575. The summed E-state index contributed by atoms with van der Waals surface area (Å²) in [4.78, 5) is 37.2. The summed E-state index contributed by atoms with van der Waals surface area (Å²) in [6.45, 7) is 7.60. The molecule has 0 saturated carbocycles. The third-order valence-electron chi connectivity index (χ3n) is 3.54. The standard InChI is InChI=1S/C20H23NO6S/c1-5-25-19(23)16-13(4)17(20(24)27-11-12(2)3)28-18(16)21-15(22)9-8-14-7-6-10-26-14/h6-10,12H,5,11H2,1-4H3,(H,21,22)/b9-8+. The Kier molecular flexibility index (Phi) is 7.57. The number of ether oxygens (including phenoxy) is 2. The molecular weight excluding hydrogens is 382 g/mol. The van der Waals surface area contributed by atoms with Gasteiger partial charge in [-0.1, -0.05) is 13.8 Å². The maximum atomic E-state index is 12.4. The van der Waals surface area contributed by atoms with Gasteiger partial charge >= 0.3 is 11.9 Å². The van der Waals surface area contributed by atoms with Crippen LogP contribution in [0.5, 0.6) is 0 Å². The fourth-order valence-corrected chi connectivity index (χ4v) is 3.34. The number of hydrogen-bond donors (Lipinski definition) is 1. The van der Waals surface area contributed by atoms with Crippen molar-refractivity contribution in [3.63, 3.8) is 0 Å². The molecule has 0 fully saturated rings. The Morgan fingerprint density at radius 3 is 2.61 bits per heavy atom. The minimum atomic E-state index is -0.607. The van der Waals surface area contributed by atoms with E-state index in [-0.39, 0.29) is 34.6 Å². The fourth-order valence-electron chi connectivity index (χ4n) is 2.25. The van der Waals surface area contributed by atoms with Crippen molar-refractivity contribution in [1.29, 1.82) is 0 Å². The lowest BCUT2D eigenvalue weighted by molar-refractivity contribution is -0.111. The van der Waals surface area contributed by atoms with Crippen molar-refractivity contribution >= 4 is 40.3 Å². The Hall–Kier alpha value is -2.87. The molecule has 0 aliphatic carbocycles. The van der Waals surface area contributed by atoms with Gasteiger partial charge in [0.25, 0.3) is 0 Å². The summed E-state index contributed by atoms with van der Waals surface area (Å²) in [5, 5.41) is 2.87. The van der Waals surface area contributed by atoms with Gasteiger partial charge in [-0.2, -0.15) is 0 Å². The predicted octanol–water partition coefficient (Wildman–Crippen LogP) is 4.29. The molecular formula is C20H23NO6S. The summed E-state index contributed by atoms with van der Waals surface area (Å²) >= 11 is 0.987. The lowest BCUT2D eigenvalue weighted by Gasteiger charge is -2.06. The quantitative estimate of drug-likeness (QED) is 0.520. The molecule has 1 N–H and O–H groups in total. The van der Waals surface area contributed by atoms with Crippen LogP contribution in [0.3, 0.4) is 0 Å². The molecule has 0 atom stereocenters. The molecule has 0 spiro atoms. The van der Waals surface area contributed by atoms with Gasteiger partial charge in [0.15, 0.2) is 0 Å². The number of anilines is 1. The SMILES string of the molecule is CCOC(=O)c1c(NC(=O)/C=C/c2ccco2)sc(C(=O)OCC(C)C)c1C. The first-order valence-electron chi connectivity index (χ1n) is 8.83. The van der Waals surface area contributed by atoms with E-state index in [1.807, 2.05) is 13.8 Å². The number of esters is 2. The van der Waals surface area contributed by atoms with E-state index in [4.69, 9.17) is 13.9 Å². The smallest absolute Gasteiger partial charge is 0.348 e. The second-order valence-electron chi connectivity index (χ2n) is 6.31. The van der Waals surface area contributed by atoms with Crippen LogP contribution in [0, 0.1) is 12.8 Å². The van der Waals surface area contributed by atoms with Crippen LogP contribution in [-0.2, 0) is 14.3 Å². The average Bonchev–Trinajstić information content (AvgIpc) is 3.26. The fraction of sp³-hybridized carbons (Fsp3) is 0.350. The van der Waals surface area contributed by atoms with E-state index in [0.29, 0.717) is 11.3 Å². The molecule has 150 valence electrons. The van der Waals surface area contributed by atoms with Crippen LogP contribution in [0.4, 0.5) is 5.00 Å². The van der Waals surface area contributed by atoms with Crippen molar-refractivity contribution in [3.8, 4) is 0 Å². The maximum absolute atomic E-state index is 12.4. The molecule has 2 heterocycles. The van der Waals surface area contributed by atoms with Crippen molar-refractivity contribution in [2.75, 3.05) is 18.5 Å². The van der Waals surface area contributed by atoms with Gasteiger partial charge in [0.2, 0.25) is 5.91 Å². The highest BCUT2D eigenvalue weighted by atomic mass is 32.1. The molecule has 0 bridgehead atoms. The van der Waals surface area contributed by atoms with Crippen LogP contribution in [0.1, 0.15) is 52.1 Å². The zero-order valence-electron chi connectivity index (χ0n) is 16.2.